The first-order chi connectivity index (χ1) is 7.10. The van der Waals surface area contributed by atoms with Gasteiger partial charge in [-0.05, 0) is 0 Å². The fourth-order valence-electron chi connectivity index (χ4n) is 0.885. The van der Waals surface area contributed by atoms with Gasteiger partial charge in [-0.25, -0.2) is 9.67 Å². The molecule has 0 spiro atoms. The van der Waals surface area contributed by atoms with E-state index in [1.807, 2.05) is 0 Å². The molecule has 0 aliphatic carbocycles. The summed E-state index contributed by atoms with van der Waals surface area (Å²) in [4.78, 5) is 14.6. The summed E-state index contributed by atoms with van der Waals surface area (Å²) in [5.41, 5.74) is -0.607. The van der Waals surface area contributed by atoms with Crippen molar-refractivity contribution in [2.75, 3.05) is 0 Å². The van der Waals surface area contributed by atoms with Gasteiger partial charge < -0.3 is 0 Å². The molecule has 7 heteroatoms. The molecule has 0 unspecified atom stereocenters. The summed E-state index contributed by atoms with van der Waals surface area (Å²) in [5.74, 6) is -1.43. The molecule has 1 rings (SSSR count). The highest BCUT2D eigenvalue weighted by Crippen LogP contribution is 2.25. The van der Waals surface area contributed by atoms with Gasteiger partial charge >= 0.3 is 6.18 Å². The van der Waals surface area contributed by atoms with Gasteiger partial charge in [0.1, 0.15) is 12.9 Å². The highest BCUT2D eigenvalue weighted by atomic mass is 19.4. The zero-order valence-electron chi connectivity index (χ0n) is 9.17. The number of halogens is 3. The first-order valence-electron chi connectivity index (χ1n) is 4.60. The summed E-state index contributed by atoms with van der Waals surface area (Å²) in [7, 11) is 0. The van der Waals surface area contributed by atoms with Gasteiger partial charge in [-0.1, -0.05) is 20.8 Å². The lowest BCUT2D eigenvalue weighted by Crippen LogP contribution is -2.25. The number of hydrogen-bond acceptors (Lipinski definition) is 3. The number of rotatable bonds is 2. The van der Waals surface area contributed by atoms with E-state index in [9.17, 15) is 18.0 Å². The molecule has 0 N–H and O–H groups in total. The minimum absolute atomic E-state index is 0.202. The van der Waals surface area contributed by atoms with Gasteiger partial charge in [0.25, 0.3) is 5.82 Å². The van der Waals surface area contributed by atoms with E-state index < -0.39 is 17.4 Å². The van der Waals surface area contributed by atoms with Crippen molar-refractivity contribution in [3.8, 4) is 0 Å². The van der Waals surface area contributed by atoms with E-state index in [1.54, 1.807) is 20.8 Å². The SMILES string of the molecule is CC(C)(C)C(=O)Cn1cnc(C(F)(F)F)n1. The fraction of sp³-hybridized carbons (Fsp3) is 0.667. The summed E-state index contributed by atoms with van der Waals surface area (Å²) < 4.78 is 37.3. The number of hydrogen-bond donors (Lipinski definition) is 0. The van der Waals surface area contributed by atoms with Gasteiger partial charge in [0.05, 0.1) is 0 Å². The smallest absolute Gasteiger partial charge is 0.297 e. The average molecular weight is 235 g/mol. The van der Waals surface area contributed by atoms with Crippen LogP contribution in [0.4, 0.5) is 13.2 Å². The lowest BCUT2D eigenvalue weighted by Gasteiger charge is -2.15. The normalized spacial score (nSPS) is 12.9. The minimum atomic E-state index is -4.57. The largest absolute Gasteiger partial charge is 0.453 e. The molecule has 1 heterocycles. The molecule has 0 aliphatic rings. The first kappa shape index (κ1) is 12.7. The lowest BCUT2D eigenvalue weighted by atomic mass is 9.91. The standard InChI is InChI=1S/C9H12F3N3O/c1-8(2,3)6(16)4-15-5-13-7(14-15)9(10,11)12/h5H,4H2,1-3H3. The van der Waals surface area contributed by atoms with Gasteiger partial charge in [0.2, 0.25) is 0 Å². The molecule has 90 valence electrons. The van der Waals surface area contributed by atoms with Crippen molar-refractivity contribution in [1.82, 2.24) is 14.8 Å². The predicted molar refractivity (Wildman–Crippen MR) is 49.5 cm³/mol. The Kier molecular flexibility index (Phi) is 3.07. The summed E-state index contributed by atoms with van der Waals surface area (Å²) in [6.45, 7) is 4.87. The lowest BCUT2D eigenvalue weighted by molar-refractivity contribution is -0.145. The second-order valence-corrected chi connectivity index (χ2v) is 4.44. The molecule has 0 amide bonds. The van der Waals surface area contributed by atoms with E-state index in [-0.39, 0.29) is 12.3 Å². The van der Waals surface area contributed by atoms with Crippen LogP contribution in [0.2, 0.25) is 0 Å². The van der Waals surface area contributed by atoms with Gasteiger partial charge in [0, 0.05) is 5.41 Å². The van der Waals surface area contributed by atoms with Crippen molar-refractivity contribution in [2.45, 2.75) is 33.5 Å². The Morgan fingerprint density at radius 3 is 2.31 bits per heavy atom. The van der Waals surface area contributed by atoms with Crippen LogP contribution in [-0.4, -0.2) is 20.5 Å². The number of aromatic nitrogens is 3. The summed E-state index contributed by atoms with van der Waals surface area (Å²) in [6, 6.07) is 0. The number of carbonyl (C=O) groups is 1. The number of alkyl halides is 3. The summed E-state index contributed by atoms with van der Waals surface area (Å²) in [6.07, 6.45) is -3.66. The Bertz CT molecular complexity index is 389. The third kappa shape index (κ3) is 3.04. The van der Waals surface area contributed by atoms with E-state index in [2.05, 4.69) is 10.1 Å². The number of ketones is 1. The molecule has 1 aromatic rings. The number of nitrogens with zero attached hydrogens (tertiary/aromatic N) is 3. The van der Waals surface area contributed by atoms with Gasteiger partial charge in [-0.3, -0.25) is 4.79 Å². The van der Waals surface area contributed by atoms with Crippen molar-refractivity contribution < 1.29 is 18.0 Å². The van der Waals surface area contributed by atoms with Gasteiger partial charge in [0.15, 0.2) is 5.78 Å². The van der Waals surface area contributed by atoms with Gasteiger partial charge in [-0.15, -0.1) is 5.10 Å². The zero-order chi connectivity index (χ0) is 12.6. The van der Waals surface area contributed by atoms with Crippen LogP contribution in [-0.2, 0) is 17.5 Å². The van der Waals surface area contributed by atoms with Crippen LogP contribution in [0.5, 0.6) is 0 Å². The van der Waals surface area contributed by atoms with Crippen LogP contribution >= 0.6 is 0 Å². The van der Waals surface area contributed by atoms with Crippen molar-refractivity contribution in [1.29, 1.82) is 0 Å². The highest BCUT2D eigenvalue weighted by Gasteiger charge is 2.36. The molecule has 0 saturated heterocycles. The zero-order valence-corrected chi connectivity index (χ0v) is 9.17. The second kappa shape index (κ2) is 3.88. The molecular formula is C9H12F3N3O. The fourth-order valence-corrected chi connectivity index (χ4v) is 0.885. The molecule has 0 radical (unpaired) electrons. The van der Waals surface area contributed by atoms with Crippen LogP contribution < -0.4 is 0 Å². The van der Waals surface area contributed by atoms with Crippen molar-refractivity contribution >= 4 is 5.78 Å². The van der Waals surface area contributed by atoms with Crippen LogP contribution in [0.25, 0.3) is 0 Å². The third-order valence-electron chi connectivity index (χ3n) is 1.93. The molecule has 0 fully saturated rings. The van der Waals surface area contributed by atoms with Crippen LogP contribution in [0.1, 0.15) is 26.6 Å². The van der Waals surface area contributed by atoms with Crippen LogP contribution in [0.15, 0.2) is 6.33 Å². The molecule has 0 aromatic carbocycles. The second-order valence-electron chi connectivity index (χ2n) is 4.44. The predicted octanol–water partition coefficient (Wildman–Crippen LogP) is 1.91. The third-order valence-corrected chi connectivity index (χ3v) is 1.93. The van der Waals surface area contributed by atoms with Crippen molar-refractivity contribution in [2.24, 2.45) is 5.41 Å². The van der Waals surface area contributed by atoms with E-state index in [1.165, 1.54) is 0 Å². The maximum atomic E-state index is 12.1. The molecular weight excluding hydrogens is 223 g/mol. The number of Topliss-reactive ketones (excluding diaryl/α,β-unsaturated/α-hetero) is 1. The maximum absolute atomic E-state index is 12.1. The van der Waals surface area contributed by atoms with E-state index in [0.717, 1.165) is 11.0 Å². The Balaban J connectivity index is 2.78. The molecule has 0 bridgehead atoms. The Morgan fingerprint density at radius 2 is 1.94 bits per heavy atom. The van der Waals surface area contributed by atoms with Crippen molar-refractivity contribution in [3.05, 3.63) is 12.2 Å². The molecule has 16 heavy (non-hydrogen) atoms. The molecule has 0 aliphatic heterocycles. The average Bonchev–Trinajstić information content (AvgIpc) is 2.49. The number of carbonyl (C=O) groups excluding carboxylic acids is 1. The van der Waals surface area contributed by atoms with Crippen LogP contribution in [0, 0.1) is 5.41 Å². The molecule has 0 atom stereocenters. The quantitative estimate of drug-likeness (QED) is 0.786. The van der Waals surface area contributed by atoms with Gasteiger partial charge in [-0.2, -0.15) is 13.2 Å². The molecule has 0 saturated carbocycles. The minimum Gasteiger partial charge on any atom is -0.297 e. The first-order valence-corrected chi connectivity index (χ1v) is 4.60. The monoisotopic (exact) mass is 235 g/mol. The maximum Gasteiger partial charge on any atom is 0.453 e. The van der Waals surface area contributed by atoms with E-state index >= 15 is 0 Å². The Morgan fingerprint density at radius 1 is 1.38 bits per heavy atom. The summed E-state index contributed by atoms with van der Waals surface area (Å²) >= 11 is 0. The van der Waals surface area contributed by atoms with E-state index in [0.29, 0.717) is 0 Å². The Labute approximate surface area is 90.5 Å². The van der Waals surface area contributed by atoms with Crippen LogP contribution in [0.3, 0.4) is 0 Å². The topological polar surface area (TPSA) is 47.8 Å². The van der Waals surface area contributed by atoms with Crippen molar-refractivity contribution in [3.63, 3.8) is 0 Å². The Hall–Kier alpha value is -1.40. The summed E-state index contributed by atoms with van der Waals surface area (Å²) in [5, 5.41) is 3.19. The molecule has 4 nitrogen and oxygen atoms in total. The van der Waals surface area contributed by atoms with E-state index in [4.69, 9.17) is 0 Å². The highest BCUT2D eigenvalue weighted by molar-refractivity contribution is 5.83. The molecule has 1 aromatic heterocycles.